The maximum Gasteiger partial charge on any atom is 0.120 e. The fourth-order valence-corrected chi connectivity index (χ4v) is 1.92. The van der Waals surface area contributed by atoms with Gasteiger partial charge < -0.3 is 4.79 Å². The van der Waals surface area contributed by atoms with E-state index in [2.05, 4.69) is 36.4 Å². The van der Waals surface area contributed by atoms with Crippen LogP contribution in [-0.4, -0.2) is 6.29 Å². The molecule has 0 radical (unpaired) electrons. The van der Waals surface area contributed by atoms with E-state index in [4.69, 9.17) is 0 Å². The Kier molecular flexibility index (Phi) is 4.48. The number of rotatable bonds is 5. The molecule has 2 rings (SSSR count). The molecule has 0 spiro atoms. The summed E-state index contributed by atoms with van der Waals surface area (Å²) in [5, 5.41) is 0. The van der Waals surface area contributed by atoms with Crippen LogP contribution in [0.1, 0.15) is 23.5 Å². The third-order valence-corrected chi connectivity index (χ3v) is 2.90. The molecule has 1 unspecified atom stereocenters. The molecule has 2 aromatic carbocycles. The van der Waals surface area contributed by atoms with Gasteiger partial charge in [0.2, 0.25) is 0 Å². The van der Waals surface area contributed by atoms with Crippen LogP contribution in [0, 0.1) is 0 Å². The minimum atomic E-state index is 0.156. The van der Waals surface area contributed by atoms with Crippen LogP contribution in [0.2, 0.25) is 0 Å². The number of hydrogen-bond acceptors (Lipinski definition) is 1. The molecule has 1 heteroatoms. The fraction of sp³-hybridized carbons (Fsp3) is 0.118. The van der Waals surface area contributed by atoms with Crippen molar-refractivity contribution in [3.8, 4) is 0 Å². The van der Waals surface area contributed by atoms with Gasteiger partial charge in [-0.3, -0.25) is 0 Å². The molecule has 0 aliphatic heterocycles. The van der Waals surface area contributed by atoms with Crippen LogP contribution >= 0.6 is 0 Å². The van der Waals surface area contributed by atoms with E-state index in [1.54, 1.807) is 0 Å². The van der Waals surface area contributed by atoms with Crippen molar-refractivity contribution in [2.24, 2.45) is 0 Å². The van der Waals surface area contributed by atoms with Gasteiger partial charge in [-0.2, -0.15) is 0 Å². The molecule has 2 aromatic rings. The highest BCUT2D eigenvalue weighted by Crippen LogP contribution is 2.21. The van der Waals surface area contributed by atoms with Crippen molar-refractivity contribution in [3.63, 3.8) is 0 Å². The van der Waals surface area contributed by atoms with Crippen molar-refractivity contribution in [2.45, 2.75) is 12.3 Å². The number of carbonyl (C=O) groups is 1. The number of hydrogen-bond donors (Lipinski definition) is 0. The number of carbonyl (C=O) groups excluding carboxylic acids is 1. The van der Waals surface area contributed by atoms with Crippen molar-refractivity contribution in [1.82, 2.24) is 0 Å². The zero-order valence-electron chi connectivity index (χ0n) is 10.2. The molecular weight excluding hydrogens is 220 g/mol. The first kappa shape index (κ1) is 12.3. The van der Waals surface area contributed by atoms with Gasteiger partial charge in [-0.25, -0.2) is 0 Å². The van der Waals surface area contributed by atoms with Gasteiger partial charge in [-0.15, -0.1) is 0 Å². The van der Waals surface area contributed by atoms with Crippen LogP contribution in [-0.2, 0) is 4.79 Å². The zero-order valence-corrected chi connectivity index (χ0v) is 10.2. The topological polar surface area (TPSA) is 17.1 Å². The zero-order chi connectivity index (χ0) is 12.6. The summed E-state index contributed by atoms with van der Waals surface area (Å²) in [5.41, 5.74) is 2.33. The van der Waals surface area contributed by atoms with E-state index in [9.17, 15) is 4.79 Å². The third-order valence-electron chi connectivity index (χ3n) is 2.90. The van der Waals surface area contributed by atoms with Crippen LogP contribution in [0.5, 0.6) is 0 Å². The van der Waals surface area contributed by atoms with Gasteiger partial charge >= 0.3 is 0 Å². The number of benzene rings is 2. The first-order chi connectivity index (χ1) is 8.90. The summed E-state index contributed by atoms with van der Waals surface area (Å²) in [7, 11) is 0. The minimum absolute atomic E-state index is 0.156. The Morgan fingerprint density at radius 2 is 1.50 bits per heavy atom. The molecule has 0 aliphatic carbocycles. The summed E-state index contributed by atoms with van der Waals surface area (Å²) < 4.78 is 0. The second-order valence-electron chi connectivity index (χ2n) is 4.19. The molecule has 0 bridgehead atoms. The molecule has 0 fully saturated rings. The second kappa shape index (κ2) is 6.55. The van der Waals surface area contributed by atoms with Crippen LogP contribution in [0.25, 0.3) is 6.08 Å². The van der Waals surface area contributed by atoms with Crippen LogP contribution in [0.4, 0.5) is 0 Å². The number of aldehydes is 1. The maximum atomic E-state index is 10.8. The predicted molar refractivity (Wildman–Crippen MR) is 75.3 cm³/mol. The summed E-state index contributed by atoms with van der Waals surface area (Å²) in [4.78, 5) is 10.8. The van der Waals surface area contributed by atoms with Crippen molar-refractivity contribution < 1.29 is 4.79 Å². The molecule has 1 atom stereocenters. The van der Waals surface area contributed by atoms with Gasteiger partial charge in [0.15, 0.2) is 0 Å². The van der Waals surface area contributed by atoms with E-state index in [1.165, 1.54) is 5.56 Å². The van der Waals surface area contributed by atoms with Gasteiger partial charge in [0.25, 0.3) is 0 Å². The Morgan fingerprint density at radius 1 is 0.889 bits per heavy atom. The quantitative estimate of drug-likeness (QED) is 0.715. The Labute approximate surface area is 108 Å². The van der Waals surface area contributed by atoms with E-state index in [1.807, 2.05) is 36.4 Å². The van der Waals surface area contributed by atoms with E-state index in [-0.39, 0.29) is 5.92 Å². The van der Waals surface area contributed by atoms with Crippen LogP contribution < -0.4 is 0 Å². The molecular formula is C17H16O. The number of allylic oxidation sites excluding steroid dienone is 1. The highest BCUT2D eigenvalue weighted by atomic mass is 16.1. The van der Waals surface area contributed by atoms with Crippen molar-refractivity contribution in [2.75, 3.05) is 0 Å². The highest BCUT2D eigenvalue weighted by Gasteiger charge is 2.06. The Hall–Kier alpha value is -2.15. The van der Waals surface area contributed by atoms with Gasteiger partial charge in [0, 0.05) is 12.3 Å². The molecule has 18 heavy (non-hydrogen) atoms. The molecule has 1 nitrogen and oxygen atoms in total. The molecule has 0 aliphatic rings. The van der Waals surface area contributed by atoms with Gasteiger partial charge in [-0.05, 0) is 11.1 Å². The third kappa shape index (κ3) is 3.42. The normalized spacial score (nSPS) is 12.4. The van der Waals surface area contributed by atoms with E-state index >= 15 is 0 Å². The van der Waals surface area contributed by atoms with Gasteiger partial charge in [0.05, 0.1) is 0 Å². The summed E-state index contributed by atoms with van der Waals surface area (Å²) in [6.07, 6.45) is 5.67. The highest BCUT2D eigenvalue weighted by molar-refractivity contribution is 5.56. The molecule has 90 valence electrons. The first-order valence-corrected chi connectivity index (χ1v) is 6.12. The summed E-state index contributed by atoms with van der Waals surface area (Å²) >= 11 is 0. The van der Waals surface area contributed by atoms with E-state index in [0.717, 1.165) is 11.8 Å². The molecule has 0 heterocycles. The lowest BCUT2D eigenvalue weighted by molar-refractivity contribution is -0.108. The van der Waals surface area contributed by atoms with Gasteiger partial charge in [0.1, 0.15) is 6.29 Å². The fourth-order valence-electron chi connectivity index (χ4n) is 1.92. The monoisotopic (exact) mass is 236 g/mol. The second-order valence-corrected chi connectivity index (χ2v) is 4.19. The van der Waals surface area contributed by atoms with Crippen LogP contribution in [0.3, 0.4) is 0 Å². The SMILES string of the molecule is O=CCC(/C=C/c1ccccc1)c1ccccc1. The molecule has 0 saturated heterocycles. The molecule has 0 amide bonds. The minimum Gasteiger partial charge on any atom is -0.303 e. The van der Waals surface area contributed by atoms with Crippen LogP contribution in [0.15, 0.2) is 66.7 Å². The average Bonchev–Trinajstić information content (AvgIpc) is 2.45. The lowest BCUT2D eigenvalue weighted by atomic mass is 9.95. The Bertz CT molecular complexity index is 500. The summed E-state index contributed by atoms with van der Waals surface area (Å²) in [6, 6.07) is 20.2. The van der Waals surface area contributed by atoms with Crippen molar-refractivity contribution in [3.05, 3.63) is 77.9 Å². The smallest absolute Gasteiger partial charge is 0.120 e. The van der Waals surface area contributed by atoms with Crippen molar-refractivity contribution >= 4 is 12.4 Å². The average molecular weight is 236 g/mol. The van der Waals surface area contributed by atoms with E-state index < -0.39 is 0 Å². The Balaban J connectivity index is 2.17. The molecule has 0 aromatic heterocycles. The maximum absolute atomic E-state index is 10.8. The largest absolute Gasteiger partial charge is 0.303 e. The lowest BCUT2D eigenvalue weighted by Crippen LogP contribution is -1.95. The van der Waals surface area contributed by atoms with Crippen molar-refractivity contribution in [1.29, 1.82) is 0 Å². The summed E-state index contributed by atoms with van der Waals surface area (Å²) in [5.74, 6) is 0.156. The molecule has 0 saturated carbocycles. The Morgan fingerprint density at radius 3 is 2.11 bits per heavy atom. The lowest BCUT2D eigenvalue weighted by Gasteiger charge is -2.09. The van der Waals surface area contributed by atoms with Gasteiger partial charge in [-0.1, -0.05) is 72.8 Å². The predicted octanol–water partition coefficient (Wildman–Crippen LogP) is 4.07. The standard InChI is InChI=1S/C17H16O/c18-14-13-17(16-9-5-2-6-10-16)12-11-15-7-3-1-4-8-15/h1-12,14,17H,13H2/b12-11+. The summed E-state index contributed by atoms with van der Waals surface area (Å²) in [6.45, 7) is 0. The molecule has 0 N–H and O–H groups in total. The van der Waals surface area contributed by atoms with E-state index in [0.29, 0.717) is 6.42 Å². The first-order valence-electron chi connectivity index (χ1n) is 6.12.